The summed E-state index contributed by atoms with van der Waals surface area (Å²) in [5.41, 5.74) is 11.7. The molecule has 0 unspecified atom stereocenters. The van der Waals surface area contributed by atoms with E-state index in [1.165, 1.54) is 19.3 Å². The molecule has 52 valence electrons. The van der Waals surface area contributed by atoms with Gasteiger partial charge in [0.1, 0.15) is 0 Å². The van der Waals surface area contributed by atoms with Crippen LogP contribution in [0.1, 0.15) is 19.3 Å². The van der Waals surface area contributed by atoms with Crippen molar-refractivity contribution in [2.75, 3.05) is 0 Å². The monoisotopic (exact) mass is 126 g/mol. The zero-order valence-corrected chi connectivity index (χ0v) is 5.59. The molecule has 0 aromatic heterocycles. The number of fused-ring (bicyclic) bond motifs is 2. The van der Waals surface area contributed by atoms with Crippen LogP contribution in [0.3, 0.4) is 0 Å². The Morgan fingerprint density at radius 1 is 1.11 bits per heavy atom. The maximum Gasteiger partial charge on any atom is 0.0111 e. The molecule has 0 radical (unpaired) electrons. The van der Waals surface area contributed by atoms with E-state index in [0.717, 1.165) is 5.92 Å². The lowest BCUT2D eigenvalue weighted by atomic mass is 9.96. The van der Waals surface area contributed by atoms with Gasteiger partial charge in [0.15, 0.2) is 0 Å². The lowest BCUT2D eigenvalue weighted by molar-refractivity contribution is 0.416. The number of hydrogen-bond acceptors (Lipinski definition) is 2. The summed E-state index contributed by atoms with van der Waals surface area (Å²) in [5, 5.41) is 0. The van der Waals surface area contributed by atoms with Crippen molar-refractivity contribution < 1.29 is 0 Å². The van der Waals surface area contributed by atoms with E-state index in [1.807, 2.05) is 0 Å². The van der Waals surface area contributed by atoms with Crippen molar-refractivity contribution in [3.05, 3.63) is 0 Å². The molecule has 2 heteroatoms. The third-order valence-electron chi connectivity index (χ3n) is 3.03. The van der Waals surface area contributed by atoms with Crippen LogP contribution in [0.5, 0.6) is 0 Å². The summed E-state index contributed by atoms with van der Waals surface area (Å²) in [7, 11) is 0. The molecule has 2 saturated carbocycles. The SMILES string of the molecule is N[C@@H]1[C@@H]2CC[C@@H]1[C@@H](N)C2. The average Bonchev–Trinajstić information content (AvgIpc) is 2.25. The van der Waals surface area contributed by atoms with Crippen LogP contribution in [0.25, 0.3) is 0 Å². The first-order valence-corrected chi connectivity index (χ1v) is 3.80. The second-order valence-electron chi connectivity index (χ2n) is 3.48. The van der Waals surface area contributed by atoms with Gasteiger partial charge in [-0.1, -0.05) is 0 Å². The van der Waals surface area contributed by atoms with Gasteiger partial charge in [-0.05, 0) is 31.1 Å². The summed E-state index contributed by atoms with van der Waals surface area (Å²) in [5.74, 6) is 1.43. The summed E-state index contributed by atoms with van der Waals surface area (Å²) in [6, 6.07) is 0.874. The van der Waals surface area contributed by atoms with Crippen molar-refractivity contribution in [3.63, 3.8) is 0 Å². The molecule has 4 N–H and O–H groups in total. The van der Waals surface area contributed by atoms with E-state index in [1.54, 1.807) is 0 Å². The van der Waals surface area contributed by atoms with Crippen LogP contribution in [0.15, 0.2) is 0 Å². The molecule has 9 heavy (non-hydrogen) atoms. The maximum absolute atomic E-state index is 5.89. The first-order chi connectivity index (χ1) is 4.29. The molecule has 0 saturated heterocycles. The van der Waals surface area contributed by atoms with Gasteiger partial charge < -0.3 is 11.5 Å². The highest BCUT2D eigenvalue weighted by Crippen LogP contribution is 2.42. The van der Waals surface area contributed by atoms with Crippen LogP contribution in [0.4, 0.5) is 0 Å². The zero-order valence-electron chi connectivity index (χ0n) is 5.59. The summed E-state index contributed by atoms with van der Waals surface area (Å²) < 4.78 is 0. The van der Waals surface area contributed by atoms with E-state index in [2.05, 4.69) is 0 Å². The molecule has 2 aliphatic rings. The highest BCUT2D eigenvalue weighted by molar-refractivity contribution is 5.01. The van der Waals surface area contributed by atoms with Crippen LogP contribution >= 0.6 is 0 Å². The molecule has 0 amide bonds. The standard InChI is InChI=1S/C7H14N2/c8-6-3-4-1-2-5(6)7(4)9/h4-7H,1-3,8-9H2/t4-,5-,6+,7-/m1/s1. The maximum atomic E-state index is 5.89. The fourth-order valence-electron chi connectivity index (χ4n) is 2.44. The Kier molecular flexibility index (Phi) is 1.08. The van der Waals surface area contributed by atoms with Gasteiger partial charge in [-0.2, -0.15) is 0 Å². The molecule has 2 rings (SSSR count). The predicted molar refractivity (Wildman–Crippen MR) is 36.8 cm³/mol. The number of rotatable bonds is 0. The highest BCUT2D eigenvalue weighted by atomic mass is 14.8. The molecule has 0 aromatic rings. The molecule has 2 fully saturated rings. The van der Waals surface area contributed by atoms with Crippen molar-refractivity contribution >= 4 is 0 Å². The molecule has 2 bridgehead atoms. The van der Waals surface area contributed by atoms with Gasteiger partial charge >= 0.3 is 0 Å². The summed E-state index contributed by atoms with van der Waals surface area (Å²) in [4.78, 5) is 0. The Bertz CT molecular complexity index is 124. The van der Waals surface area contributed by atoms with Gasteiger partial charge in [-0.3, -0.25) is 0 Å². The molecule has 2 aliphatic carbocycles. The highest BCUT2D eigenvalue weighted by Gasteiger charge is 2.44. The van der Waals surface area contributed by atoms with Crippen LogP contribution in [-0.2, 0) is 0 Å². The number of hydrogen-bond donors (Lipinski definition) is 2. The molecule has 2 nitrogen and oxygen atoms in total. The molecule has 0 aliphatic heterocycles. The van der Waals surface area contributed by atoms with Crippen molar-refractivity contribution in [1.82, 2.24) is 0 Å². The van der Waals surface area contributed by atoms with Gasteiger partial charge in [0.2, 0.25) is 0 Å². The van der Waals surface area contributed by atoms with Gasteiger partial charge in [0.05, 0.1) is 0 Å². The van der Waals surface area contributed by atoms with Gasteiger partial charge in [-0.25, -0.2) is 0 Å². The minimum Gasteiger partial charge on any atom is -0.327 e. The molecule has 0 aromatic carbocycles. The Labute approximate surface area is 55.6 Å². The van der Waals surface area contributed by atoms with Crippen LogP contribution in [0.2, 0.25) is 0 Å². The van der Waals surface area contributed by atoms with Crippen LogP contribution in [-0.4, -0.2) is 12.1 Å². The first kappa shape index (κ1) is 5.69. The third kappa shape index (κ3) is 0.634. The first-order valence-electron chi connectivity index (χ1n) is 3.80. The fourth-order valence-corrected chi connectivity index (χ4v) is 2.44. The quantitative estimate of drug-likeness (QED) is 0.482. The number of nitrogens with two attached hydrogens (primary N) is 2. The fraction of sp³-hybridized carbons (Fsp3) is 1.00. The van der Waals surface area contributed by atoms with E-state index in [0.29, 0.717) is 18.0 Å². The van der Waals surface area contributed by atoms with Crippen molar-refractivity contribution in [2.45, 2.75) is 31.3 Å². The summed E-state index contributed by atoms with van der Waals surface area (Å²) in [6.45, 7) is 0. The molecule has 4 atom stereocenters. The van der Waals surface area contributed by atoms with Crippen LogP contribution in [0, 0.1) is 11.8 Å². The van der Waals surface area contributed by atoms with E-state index in [-0.39, 0.29) is 0 Å². The summed E-state index contributed by atoms with van der Waals surface area (Å²) in [6.07, 6.45) is 3.80. The molecular formula is C7H14N2. The van der Waals surface area contributed by atoms with Gasteiger partial charge in [-0.15, -0.1) is 0 Å². The van der Waals surface area contributed by atoms with E-state index < -0.39 is 0 Å². The van der Waals surface area contributed by atoms with Crippen molar-refractivity contribution in [2.24, 2.45) is 23.3 Å². The topological polar surface area (TPSA) is 52.0 Å². The minimum atomic E-state index is 0.429. The van der Waals surface area contributed by atoms with Gasteiger partial charge in [0, 0.05) is 12.1 Å². The van der Waals surface area contributed by atoms with E-state index in [9.17, 15) is 0 Å². The molecular weight excluding hydrogens is 112 g/mol. The largest absolute Gasteiger partial charge is 0.327 e. The lowest BCUT2D eigenvalue weighted by Crippen LogP contribution is -2.32. The average molecular weight is 126 g/mol. The predicted octanol–water partition coefficient (Wildman–Crippen LogP) is 0.0709. The molecule has 0 heterocycles. The smallest absolute Gasteiger partial charge is 0.0111 e. The normalized spacial score (nSPS) is 56.7. The minimum absolute atomic E-state index is 0.429. The molecule has 0 spiro atoms. The second kappa shape index (κ2) is 1.70. The van der Waals surface area contributed by atoms with E-state index in [4.69, 9.17) is 11.5 Å². The third-order valence-corrected chi connectivity index (χ3v) is 3.03. The Morgan fingerprint density at radius 3 is 2.11 bits per heavy atom. The zero-order chi connectivity index (χ0) is 6.43. The Balaban J connectivity index is 2.16. The summed E-state index contributed by atoms with van der Waals surface area (Å²) >= 11 is 0. The van der Waals surface area contributed by atoms with Crippen molar-refractivity contribution in [1.29, 1.82) is 0 Å². The van der Waals surface area contributed by atoms with Crippen LogP contribution < -0.4 is 11.5 Å². The van der Waals surface area contributed by atoms with E-state index >= 15 is 0 Å². The lowest BCUT2D eigenvalue weighted by Gasteiger charge is -2.15. The van der Waals surface area contributed by atoms with Crippen molar-refractivity contribution in [3.8, 4) is 0 Å². The Hall–Kier alpha value is -0.0800. The Morgan fingerprint density at radius 2 is 1.89 bits per heavy atom. The second-order valence-corrected chi connectivity index (χ2v) is 3.48. The van der Waals surface area contributed by atoms with Gasteiger partial charge in [0.25, 0.3) is 0 Å².